The number of rotatable bonds is 2. The van der Waals surface area contributed by atoms with Gasteiger partial charge in [-0.1, -0.05) is 38.4 Å². The van der Waals surface area contributed by atoms with Crippen LogP contribution in [-0.2, 0) is 5.41 Å². The molecule has 0 aliphatic heterocycles. The number of hydrogen-bond acceptors (Lipinski definition) is 3. The number of aryl methyl sites for hydroxylation is 1. The Morgan fingerprint density at radius 3 is 2.50 bits per heavy atom. The number of aromatic nitrogens is 3. The van der Waals surface area contributed by atoms with Gasteiger partial charge in [-0.2, -0.15) is 0 Å². The number of benzene rings is 1. The number of halogens is 1. The van der Waals surface area contributed by atoms with E-state index in [4.69, 9.17) is 16.7 Å². The molecule has 0 saturated carbocycles. The third-order valence-corrected chi connectivity index (χ3v) is 3.28. The van der Waals surface area contributed by atoms with E-state index < -0.39 is 5.97 Å². The standard InChI is InChI=1S/C14H16ClN3O2/c1-8-5-6-9(7-10(8)15)18-13(14(2,3)4)16-11(17-18)12(19)20/h5-7H,1-4H3,(H,19,20). The van der Waals surface area contributed by atoms with Gasteiger partial charge in [0, 0.05) is 10.4 Å². The lowest BCUT2D eigenvalue weighted by atomic mass is 9.95. The molecular formula is C14H16ClN3O2. The van der Waals surface area contributed by atoms with Crippen LogP contribution in [0.5, 0.6) is 0 Å². The molecule has 0 unspecified atom stereocenters. The highest BCUT2D eigenvalue weighted by molar-refractivity contribution is 6.31. The van der Waals surface area contributed by atoms with Gasteiger partial charge in [0.25, 0.3) is 5.82 Å². The van der Waals surface area contributed by atoms with Crippen molar-refractivity contribution in [2.45, 2.75) is 33.1 Å². The fourth-order valence-electron chi connectivity index (χ4n) is 1.78. The van der Waals surface area contributed by atoms with E-state index in [1.807, 2.05) is 39.8 Å². The zero-order chi connectivity index (χ0) is 15.1. The molecule has 0 radical (unpaired) electrons. The summed E-state index contributed by atoms with van der Waals surface area (Å²) < 4.78 is 1.54. The zero-order valence-corrected chi connectivity index (χ0v) is 12.6. The summed E-state index contributed by atoms with van der Waals surface area (Å²) in [7, 11) is 0. The minimum atomic E-state index is -1.15. The maximum Gasteiger partial charge on any atom is 0.375 e. The van der Waals surface area contributed by atoms with Crippen LogP contribution < -0.4 is 0 Å². The van der Waals surface area contributed by atoms with E-state index in [1.54, 1.807) is 6.07 Å². The first-order valence-corrected chi connectivity index (χ1v) is 6.55. The first-order chi connectivity index (χ1) is 9.20. The molecule has 0 fully saturated rings. The summed E-state index contributed by atoms with van der Waals surface area (Å²) in [5.74, 6) is -0.783. The van der Waals surface area contributed by atoms with Crippen molar-refractivity contribution in [2.75, 3.05) is 0 Å². The second kappa shape index (κ2) is 4.90. The lowest BCUT2D eigenvalue weighted by molar-refractivity contribution is 0.0683. The van der Waals surface area contributed by atoms with Crippen LogP contribution in [0.15, 0.2) is 18.2 Å². The summed E-state index contributed by atoms with van der Waals surface area (Å²) in [6, 6.07) is 5.47. The second-order valence-corrected chi connectivity index (χ2v) is 6.07. The van der Waals surface area contributed by atoms with Crippen LogP contribution in [0.1, 0.15) is 42.8 Å². The number of carboxylic acids is 1. The van der Waals surface area contributed by atoms with E-state index in [9.17, 15) is 4.79 Å². The summed E-state index contributed by atoms with van der Waals surface area (Å²) in [5, 5.41) is 13.7. The minimum Gasteiger partial charge on any atom is -0.475 e. The summed E-state index contributed by atoms with van der Waals surface area (Å²) in [4.78, 5) is 15.2. The average molecular weight is 294 g/mol. The van der Waals surface area contributed by atoms with E-state index >= 15 is 0 Å². The molecule has 2 aromatic rings. The molecule has 5 nitrogen and oxygen atoms in total. The van der Waals surface area contributed by atoms with Gasteiger partial charge in [0.05, 0.1) is 5.69 Å². The molecular weight excluding hydrogens is 278 g/mol. The third-order valence-electron chi connectivity index (χ3n) is 2.87. The van der Waals surface area contributed by atoms with Crippen LogP contribution in [0.3, 0.4) is 0 Å². The smallest absolute Gasteiger partial charge is 0.375 e. The minimum absolute atomic E-state index is 0.216. The highest BCUT2D eigenvalue weighted by Gasteiger charge is 2.26. The lowest BCUT2D eigenvalue weighted by Crippen LogP contribution is -2.18. The van der Waals surface area contributed by atoms with Crippen molar-refractivity contribution in [2.24, 2.45) is 0 Å². The molecule has 0 aliphatic rings. The van der Waals surface area contributed by atoms with Crippen molar-refractivity contribution in [3.63, 3.8) is 0 Å². The Bertz CT molecular complexity index is 672. The number of aromatic carboxylic acids is 1. The van der Waals surface area contributed by atoms with Crippen molar-refractivity contribution < 1.29 is 9.90 Å². The average Bonchev–Trinajstić information content (AvgIpc) is 2.77. The van der Waals surface area contributed by atoms with Crippen LogP contribution in [0.25, 0.3) is 5.69 Å². The first-order valence-electron chi connectivity index (χ1n) is 6.17. The van der Waals surface area contributed by atoms with Crippen LogP contribution in [0.2, 0.25) is 5.02 Å². The van der Waals surface area contributed by atoms with Crippen LogP contribution in [-0.4, -0.2) is 25.8 Å². The molecule has 2 rings (SSSR count). The van der Waals surface area contributed by atoms with Gasteiger partial charge in [0.15, 0.2) is 0 Å². The molecule has 0 amide bonds. The molecule has 1 N–H and O–H groups in total. The summed E-state index contributed by atoms with van der Waals surface area (Å²) >= 11 is 6.12. The van der Waals surface area contributed by atoms with Gasteiger partial charge in [-0.05, 0) is 24.6 Å². The Labute approximate surface area is 122 Å². The maximum absolute atomic E-state index is 11.1. The van der Waals surface area contributed by atoms with Crippen LogP contribution in [0.4, 0.5) is 0 Å². The van der Waals surface area contributed by atoms with Crippen molar-refractivity contribution in [1.82, 2.24) is 14.8 Å². The fourth-order valence-corrected chi connectivity index (χ4v) is 1.96. The molecule has 106 valence electrons. The Balaban J connectivity index is 2.65. The van der Waals surface area contributed by atoms with Crippen molar-refractivity contribution in [1.29, 1.82) is 0 Å². The number of nitrogens with zero attached hydrogens (tertiary/aromatic N) is 3. The normalized spacial score (nSPS) is 11.7. The van der Waals surface area contributed by atoms with Crippen LogP contribution >= 0.6 is 11.6 Å². The lowest BCUT2D eigenvalue weighted by Gasteiger charge is -2.18. The Hall–Kier alpha value is -1.88. The fraction of sp³-hybridized carbons (Fsp3) is 0.357. The van der Waals surface area contributed by atoms with E-state index in [0.29, 0.717) is 16.5 Å². The summed E-state index contributed by atoms with van der Waals surface area (Å²) in [6.45, 7) is 7.76. The SMILES string of the molecule is Cc1ccc(-n2nc(C(=O)O)nc2C(C)(C)C)cc1Cl. The molecule has 1 heterocycles. The molecule has 0 spiro atoms. The summed E-state index contributed by atoms with van der Waals surface area (Å²) in [5.41, 5.74) is 1.31. The highest BCUT2D eigenvalue weighted by Crippen LogP contribution is 2.25. The van der Waals surface area contributed by atoms with Gasteiger partial charge < -0.3 is 5.11 Å². The van der Waals surface area contributed by atoms with Gasteiger partial charge in [0.2, 0.25) is 0 Å². The number of carbonyl (C=O) groups is 1. The van der Waals surface area contributed by atoms with E-state index in [0.717, 1.165) is 5.56 Å². The molecule has 6 heteroatoms. The predicted octanol–water partition coefficient (Wildman–Crippen LogP) is 3.22. The van der Waals surface area contributed by atoms with Gasteiger partial charge in [0.1, 0.15) is 5.82 Å². The molecule has 20 heavy (non-hydrogen) atoms. The maximum atomic E-state index is 11.1. The predicted molar refractivity (Wildman–Crippen MR) is 76.8 cm³/mol. The third kappa shape index (κ3) is 2.67. The van der Waals surface area contributed by atoms with E-state index in [-0.39, 0.29) is 11.2 Å². The Kier molecular flexibility index (Phi) is 3.56. The molecule has 0 bridgehead atoms. The molecule has 0 aliphatic carbocycles. The molecule has 0 atom stereocenters. The molecule has 1 aromatic heterocycles. The van der Waals surface area contributed by atoms with Crippen molar-refractivity contribution in [3.8, 4) is 5.69 Å². The van der Waals surface area contributed by atoms with Gasteiger partial charge in [-0.3, -0.25) is 0 Å². The monoisotopic (exact) mass is 293 g/mol. The number of carboxylic acid groups (broad SMARTS) is 1. The first kappa shape index (κ1) is 14.5. The zero-order valence-electron chi connectivity index (χ0n) is 11.8. The van der Waals surface area contributed by atoms with Gasteiger partial charge >= 0.3 is 5.97 Å². The Morgan fingerprint density at radius 1 is 1.35 bits per heavy atom. The molecule has 1 aromatic carbocycles. The quantitative estimate of drug-likeness (QED) is 0.923. The second-order valence-electron chi connectivity index (χ2n) is 5.66. The summed E-state index contributed by atoms with van der Waals surface area (Å²) in [6.07, 6.45) is 0. The van der Waals surface area contributed by atoms with Crippen molar-refractivity contribution in [3.05, 3.63) is 40.4 Å². The van der Waals surface area contributed by atoms with Gasteiger partial charge in [-0.25, -0.2) is 14.5 Å². The van der Waals surface area contributed by atoms with Gasteiger partial charge in [-0.15, -0.1) is 5.10 Å². The molecule has 0 saturated heterocycles. The van der Waals surface area contributed by atoms with Crippen LogP contribution in [0, 0.1) is 6.92 Å². The largest absolute Gasteiger partial charge is 0.475 e. The van der Waals surface area contributed by atoms with E-state index in [2.05, 4.69) is 10.1 Å². The number of hydrogen-bond donors (Lipinski definition) is 1. The van der Waals surface area contributed by atoms with Crippen molar-refractivity contribution >= 4 is 17.6 Å². The Morgan fingerprint density at radius 2 is 2.00 bits per heavy atom. The van der Waals surface area contributed by atoms with E-state index in [1.165, 1.54) is 4.68 Å². The topological polar surface area (TPSA) is 68.0 Å². The highest BCUT2D eigenvalue weighted by atomic mass is 35.5.